The summed E-state index contributed by atoms with van der Waals surface area (Å²) in [7, 11) is 6.33. The van der Waals surface area contributed by atoms with Crippen molar-refractivity contribution < 1.29 is 19.1 Å². The van der Waals surface area contributed by atoms with E-state index in [0.29, 0.717) is 77.9 Å². The van der Waals surface area contributed by atoms with Gasteiger partial charge in [-0.3, -0.25) is 9.59 Å². The molecule has 3 aromatic rings. The van der Waals surface area contributed by atoms with Crippen molar-refractivity contribution in [3.63, 3.8) is 0 Å². The molecule has 0 unspecified atom stereocenters. The van der Waals surface area contributed by atoms with Gasteiger partial charge in [0.05, 0.1) is 0 Å². The highest BCUT2D eigenvalue weighted by atomic mass is 32.2. The third kappa shape index (κ3) is 5.61. The maximum Gasteiger partial charge on any atom is 0.223 e. The Morgan fingerprint density at radius 3 is 2.57 bits per heavy atom. The van der Waals surface area contributed by atoms with Crippen molar-refractivity contribution in [2.45, 2.75) is 48.7 Å². The first-order valence-electron chi connectivity index (χ1n) is 12.3. The van der Waals surface area contributed by atoms with Crippen molar-refractivity contribution in [3.8, 4) is 11.5 Å². The van der Waals surface area contributed by atoms with Crippen LogP contribution in [0.25, 0.3) is 11.2 Å². The predicted molar refractivity (Wildman–Crippen MR) is 139 cm³/mol. The van der Waals surface area contributed by atoms with Gasteiger partial charge in [0.2, 0.25) is 11.8 Å². The average Bonchev–Trinajstić information content (AvgIpc) is 3.25. The second kappa shape index (κ2) is 10.9. The molecule has 4 N–H and O–H groups in total. The number of hydrogen-bond acceptors (Lipinski definition) is 9. The van der Waals surface area contributed by atoms with Crippen LogP contribution in [0.2, 0.25) is 0 Å². The van der Waals surface area contributed by atoms with E-state index in [1.165, 1.54) is 18.1 Å². The number of ether oxygens (including phenoxy) is 2. The Balaban J connectivity index is 1.30. The van der Waals surface area contributed by atoms with Crippen LogP contribution < -0.4 is 26.4 Å². The largest absolute Gasteiger partial charge is 0.486 e. The van der Waals surface area contributed by atoms with Gasteiger partial charge in [0, 0.05) is 37.4 Å². The predicted octanol–water partition coefficient (Wildman–Crippen LogP) is 1.02. The van der Waals surface area contributed by atoms with Crippen LogP contribution in [0.15, 0.2) is 28.5 Å². The van der Waals surface area contributed by atoms with Gasteiger partial charge in [0.25, 0.3) is 0 Å². The highest BCUT2D eigenvalue weighted by Gasteiger charge is 2.24. The molecule has 0 aliphatic carbocycles. The standard InChI is InChI=1S/C24H28BN7O4S/c25-15-11-16-17(36-10-9-35-16)12-18(15)37-24-30-21-22(27)28-13-29-23(21)32(24)8-5-14-3-6-31(7-4-14)20(34)2-1-19(26)33/h11-14H,1-10H2,(H2,26,33)(H2,27,28,29). The van der Waals surface area contributed by atoms with Crippen molar-refractivity contribution in [3.05, 3.63) is 18.5 Å². The van der Waals surface area contributed by atoms with Gasteiger partial charge >= 0.3 is 0 Å². The molecule has 2 amide bonds. The number of nitrogen functional groups attached to an aromatic ring is 1. The molecule has 1 aromatic carbocycles. The molecule has 2 aliphatic rings. The lowest BCUT2D eigenvalue weighted by Gasteiger charge is -2.32. The van der Waals surface area contributed by atoms with Gasteiger partial charge in [0.15, 0.2) is 33.6 Å². The van der Waals surface area contributed by atoms with E-state index in [4.69, 9.17) is 33.8 Å². The number of nitrogens with two attached hydrogens (primary N) is 2. The summed E-state index contributed by atoms with van der Waals surface area (Å²) >= 11 is 1.42. The summed E-state index contributed by atoms with van der Waals surface area (Å²) in [6.07, 6.45) is 4.38. The second-order valence-corrected chi connectivity index (χ2v) is 10.2. The number of likely N-dealkylation sites (tertiary alicyclic amines) is 1. The summed E-state index contributed by atoms with van der Waals surface area (Å²) in [5, 5.41) is 0.713. The second-order valence-electron chi connectivity index (χ2n) is 9.19. The minimum absolute atomic E-state index is 0.0132. The lowest BCUT2D eigenvalue weighted by molar-refractivity contribution is -0.134. The van der Waals surface area contributed by atoms with Crippen LogP contribution in [0.1, 0.15) is 32.1 Å². The summed E-state index contributed by atoms with van der Waals surface area (Å²) in [6, 6.07) is 3.65. The minimum atomic E-state index is -0.452. The number of carbonyl (C=O) groups is 2. The van der Waals surface area contributed by atoms with Crippen molar-refractivity contribution in [2.75, 3.05) is 32.0 Å². The third-order valence-electron chi connectivity index (χ3n) is 6.71. The van der Waals surface area contributed by atoms with Crippen LogP contribution in [0, 0.1) is 5.92 Å². The van der Waals surface area contributed by atoms with E-state index in [-0.39, 0.29) is 18.7 Å². The fourth-order valence-electron chi connectivity index (χ4n) is 4.66. The number of primary amides is 1. The van der Waals surface area contributed by atoms with Crippen LogP contribution in [-0.2, 0) is 16.1 Å². The summed E-state index contributed by atoms with van der Waals surface area (Å²) in [5.74, 6) is 1.59. The van der Waals surface area contributed by atoms with Crippen LogP contribution in [0.4, 0.5) is 5.82 Å². The number of benzene rings is 1. The monoisotopic (exact) mass is 521 g/mol. The van der Waals surface area contributed by atoms with Crippen LogP contribution in [0.3, 0.4) is 0 Å². The topological polar surface area (TPSA) is 151 Å². The summed E-state index contributed by atoms with van der Waals surface area (Å²) in [5.41, 5.74) is 13.1. The molecule has 1 fully saturated rings. The van der Waals surface area contributed by atoms with E-state index in [1.54, 1.807) is 6.07 Å². The van der Waals surface area contributed by atoms with Crippen molar-refractivity contribution in [1.29, 1.82) is 0 Å². The number of rotatable bonds is 8. The molecule has 0 bridgehead atoms. The molecule has 192 valence electrons. The number of aryl methyl sites for hydroxylation is 1. The highest BCUT2D eigenvalue weighted by Crippen LogP contribution is 2.37. The van der Waals surface area contributed by atoms with Gasteiger partial charge in [-0.2, -0.15) is 0 Å². The Labute approximate surface area is 219 Å². The van der Waals surface area contributed by atoms with E-state index >= 15 is 0 Å². The molecule has 13 heteroatoms. The maximum atomic E-state index is 12.3. The zero-order valence-corrected chi connectivity index (χ0v) is 21.2. The highest BCUT2D eigenvalue weighted by molar-refractivity contribution is 7.99. The van der Waals surface area contributed by atoms with Gasteiger partial charge < -0.3 is 30.4 Å². The van der Waals surface area contributed by atoms with Crippen LogP contribution in [-0.4, -0.2) is 70.4 Å². The average molecular weight is 521 g/mol. The number of anilines is 1. The molecule has 1 saturated heterocycles. The Hall–Kier alpha value is -3.48. The number of fused-ring (bicyclic) bond motifs is 2. The number of nitrogens with zero attached hydrogens (tertiary/aromatic N) is 5. The number of aromatic nitrogens is 4. The molecular weight excluding hydrogens is 493 g/mol. The van der Waals surface area contributed by atoms with Crippen LogP contribution >= 0.6 is 11.8 Å². The summed E-state index contributed by atoms with van der Waals surface area (Å²) < 4.78 is 13.4. The number of hydrogen-bond donors (Lipinski definition) is 2. The molecule has 0 saturated carbocycles. The molecule has 2 aromatic heterocycles. The first-order valence-corrected chi connectivity index (χ1v) is 13.1. The maximum absolute atomic E-state index is 12.3. The van der Waals surface area contributed by atoms with Crippen molar-refractivity contribution >= 4 is 53.9 Å². The molecule has 37 heavy (non-hydrogen) atoms. The van der Waals surface area contributed by atoms with E-state index in [0.717, 1.165) is 24.2 Å². The molecular formula is C24H28BN7O4S. The van der Waals surface area contributed by atoms with Gasteiger partial charge in [-0.25, -0.2) is 15.0 Å². The van der Waals surface area contributed by atoms with E-state index < -0.39 is 5.91 Å². The molecule has 5 rings (SSSR count). The first-order chi connectivity index (χ1) is 17.9. The Morgan fingerprint density at radius 2 is 1.84 bits per heavy atom. The SMILES string of the molecule is [B]c1cc2c(cc1Sc1nc3c(N)ncnc3n1CCC1CCN(C(=O)CCC(N)=O)CC1)OCCO2. The van der Waals surface area contributed by atoms with E-state index in [1.807, 2.05) is 11.0 Å². The zero-order chi connectivity index (χ0) is 25.9. The van der Waals surface area contributed by atoms with Crippen molar-refractivity contribution in [2.24, 2.45) is 11.7 Å². The molecule has 11 nitrogen and oxygen atoms in total. The molecule has 0 atom stereocenters. The van der Waals surface area contributed by atoms with E-state index in [2.05, 4.69) is 14.5 Å². The molecule has 2 radical (unpaired) electrons. The number of imidazole rings is 1. The Kier molecular flexibility index (Phi) is 7.40. The molecule has 0 spiro atoms. The van der Waals surface area contributed by atoms with E-state index in [9.17, 15) is 9.59 Å². The smallest absolute Gasteiger partial charge is 0.223 e. The van der Waals surface area contributed by atoms with Gasteiger partial charge in [-0.05, 0) is 37.3 Å². The molecule has 4 heterocycles. The van der Waals surface area contributed by atoms with Gasteiger partial charge in [0.1, 0.15) is 27.4 Å². The first kappa shape index (κ1) is 25.2. The quantitative estimate of drug-likeness (QED) is 0.414. The Bertz CT molecular complexity index is 1330. The van der Waals surface area contributed by atoms with Crippen LogP contribution in [0.5, 0.6) is 11.5 Å². The number of amides is 2. The fourth-order valence-corrected chi connectivity index (χ4v) is 5.62. The Morgan fingerprint density at radius 1 is 1.11 bits per heavy atom. The summed E-state index contributed by atoms with van der Waals surface area (Å²) in [4.78, 5) is 39.2. The number of carbonyl (C=O) groups excluding carboxylic acids is 2. The lowest BCUT2D eigenvalue weighted by atomic mass is 9.93. The van der Waals surface area contributed by atoms with Gasteiger partial charge in [-0.1, -0.05) is 17.2 Å². The van der Waals surface area contributed by atoms with Crippen molar-refractivity contribution in [1.82, 2.24) is 24.4 Å². The minimum Gasteiger partial charge on any atom is -0.486 e. The normalized spacial score (nSPS) is 15.7. The zero-order valence-electron chi connectivity index (χ0n) is 20.4. The number of piperidine rings is 1. The lowest BCUT2D eigenvalue weighted by Crippen LogP contribution is -2.39. The fraction of sp³-hybridized carbons (Fsp3) is 0.458. The molecule has 2 aliphatic heterocycles. The van der Waals surface area contributed by atoms with Gasteiger partial charge in [-0.15, -0.1) is 0 Å². The third-order valence-corrected chi connectivity index (χ3v) is 7.78. The summed E-state index contributed by atoms with van der Waals surface area (Å²) in [6.45, 7) is 3.02.